The highest BCUT2D eigenvalue weighted by Crippen LogP contribution is 2.38. The van der Waals surface area contributed by atoms with Crippen LogP contribution in [0.25, 0.3) is 5.52 Å². The van der Waals surface area contributed by atoms with E-state index in [1.807, 2.05) is 22.8 Å². The van der Waals surface area contributed by atoms with Crippen LogP contribution in [0.2, 0.25) is 0 Å². The van der Waals surface area contributed by atoms with Crippen LogP contribution in [-0.2, 0) is 6.54 Å². The van der Waals surface area contributed by atoms with Crippen LogP contribution in [0, 0.1) is 0 Å². The molecule has 2 fully saturated rings. The van der Waals surface area contributed by atoms with Gasteiger partial charge in [0.25, 0.3) is 5.56 Å². The van der Waals surface area contributed by atoms with Gasteiger partial charge in [0.15, 0.2) is 5.82 Å². The molecule has 0 bridgehead atoms. The van der Waals surface area contributed by atoms with Gasteiger partial charge in [-0.3, -0.25) is 4.79 Å². The first-order valence-corrected chi connectivity index (χ1v) is 8.93. The maximum absolute atomic E-state index is 12.3. The highest BCUT2D eigenvalue weighted by atomic mass is 16.1. The van der Waals surface area contributed by atoms with Gasteiger partial charge in [0.05, 0.1) is 24.5 Å². The van der Waals surface area contributed by atoms with E-state index < -0.39 is 0 Å². The molecule has 0 amide bonds. The lowest BCUT2D eigenvalue weighted by molar-refractivity contribution is 0.481. The molecule has 5 rings (SSSR count). The third-order valence-corrected chi connectivity index (χ3v) is 5.22. The minimum absolute atomic E-state index is 0.0215. The molecule has 1 aliphatic carbocycles. The van der Waals surface area contributed by atoms with Crippen molar-refractivity contribution in [1.29, 1.82) is 0 Å². The average molecular weight is 336 g/mol. The van der Waals surface area contributed by atoms with E-state index in [2.05, 4.69) is 20.1 Å². The highest BCUT2D eigenvalue weighted by Gasteiger charge is 2.29. The van der Waals surface area contributed by atoms with Crippen LogP contribution in [0.1, 0.15) is 37.3 Å². The fourth-order valence-corrected chi connectivity index (χ4v) is 3.76. The van der Waals surface area contributed by atoms with Crippen molar-refractivity contribution in [2.75, 3.05) is 11.4 Å². The SMILES string of the molecule is O=c1ccc(C2CC2)nn1CC1CCCN1c1nccn2nccc12. The topological polar surface area (TPSA) is 68.3 Å². The normalized spacial score (nSPS) is 20.5. The van der Waals surface area contributed by atoms with Crippen LogP contribution in [0.3, 0.4) is 0 Å². The number of aromatic nitrogens is 5. The van der Waals surface area contributed by atoms with E-state index in [0.29, 0.717) is 12.5 Å². The molecule has 25 heavy (non-hydrogen) atoms. The van der Waals surface area contributed by atoms with Crippen molar-refractivity contribution < 1.29 is 0 Å². The summed E-state index contributed by atoms with van der Waals surface area (Å²) in [6.45, 7) is 1.55. The lowest BCUT2D eigenvalue weighted by Gasteiger charge is -2.26. The Morgan fingerprint density at radius 3 is 2.92 bits per heavy atom. The highest BCUT2D eigenvalue weighted by molar-refractivity contribution is 5.68. The Balaban J connectivity index is 1.47. The average Bonchev–Trinajstić information content (AvgIpc) is 3.18. The maximum atomic E-state index is 12.3. The molecule has 1 atom stereocenters. The molecule has 0 aromatic carbocycles. The zero-order valence-corrected chi connectivity index (χ0v) is 14.0. The van der Waals surface area contributed by atoms with E-state index in [-0.39, 0.29) is 11.6 Å². The van der Waals surface area contributed by atoms with Crippen molar-refractivity contribution in [2.24, 2.45) is 0 Å². The van der Waals surface area contributed by atoms with Gasteiger partial charge in [0.2, 0.25) is 0 Å². The number of rotatable bonds is 4. The molecule has 1 saturated heterocycles. The summed E-state index contributed by atoms with van der Waals surface area (Å²) in [5.74, 6) is 1.49. The Morgan fingerprint density at radius 2 is 2.04 bits per heavy atom. The molecule has 0 N–H and O–H groups in total. The van der Waals surface area contributed by atoms with Gasteiger partial charge in [-0.25, -0.2) is 14.2 Å². The van der Waals surface area contributed by atoms with E-state index in [0.717, 1.165) is 36.4 Å². The zero-order chi connectivity index (χ0) is 16.8. The summed E-state index contributed by atoms with van der Waals surface area (Å²) in [5, 5.41) is 8.91. The molecule has 7 heteroatoms. The van der Waals surface area contributed by atoms with Gasteiger partial charge in [-0.1, -0.05) is 0 Å². The first kappa shape index (κ1) is 14.6. The predicted octanol–water partition coefficient (Wildman–Crippen LogP) is 1.83. The number of anilines is 1. The second-order valence-electron chi connectivity index (χ2n) is 6.95. The fourth-order valence-electron chi connectivity index (χ4n) is 3.76. The summed E-state index contributed by atoms with van der Waals surface area (Å²) in [6.07, 6.45) is 9.94. The third-order valence-electron chi connectivity index (χ3n) is 5.22. The molecule has 128 valence electrons. The van der Waals surface area contributed by atoms with Gasteiger partial charge in [-0.15, -0.1) is 0 Å². The van der Waals surface area contributed by atoms with Crippen molar-refractivity contribution in [3.05, 3.63) is 52.8 Å². The predicted molar refractivity (Wildman–Crippen MR) is 93.8 cm³/mol. The van der Waals surface area contributed by atoms with Crippen molar-refractivity contribution in [2.45, 2.75) is 44.2 Å². The summed E-state index contributed by atoms with van der Waals surface area (Å²) in [6, 6.07) is 5.76. The molecular formula is C18H20N6O. The third kappa shape index (κ3) is 2.59. The number of nitrogens with zero attached hydrogens (tertiary/aromatic N) is 6. The first-order chi connectivity index (χ1) is 12.3. The van der Waals surface area contributed by atoms with Crippen LogP contribution in [0.15, 0.2) is 41.6 Å². The quantitative estimate of drug-likeness (QED) is 0.727. The van der Waals surface area contributed by atoms with Crippen molar-refractivity contribution >= 4 is 11.3 Å². The lowest BCUT2D eigenvalue weighted by Crippen LogP contribution is -2.37. The first-order valence-electron chi connectivity index (χ1n) is 8.93. The molecular weight excluding hydrogens is 316 g/mol. The summed E-state index contributed by atoms with van der Waals surface area (Å²) in [7, 11) is 0. The van der Waals surface area contributed by atoms with Crippen molar-refractivity contribution in [1.82, 2.24) is 24.4 Å². The fraction of sp³-hybridized carbons (Fsp3) is 0.444. The Hall–Kier alpha value is -2.70. The smallest absolute Gasteiger partial charge is 0.266 e. The molecule has 7 nitrogen and oxygen atoms in total. The molecule has 0 spiro atoms. The standard InChI is InChI=1S/C18H20N6O/c25-17-6-5-15(13-3-4-13)21-24(17)12-14-2-1-10-22(14)18-16-7-8-20-23(16)11-9-19-18/h5-9,11,13-14H,1-4,10,12H2. The Bertz CT molecular complexity index is 973. The van der Waals surface area contributed by atoms with Crippen molar-refractivity contribution in [3.8, 4) is 0 Å². The lowest BCUT2D eigenvalue weighted by atomic mass is 10.2. The molecule has 1 saturated carbocycles. The number of fused-ring (bicyclic) bond motifs is 1. The molecule has 1 unspecified atom stereocenters. The summed E-state index contributed by atoms with van der Waals surface area (Å²) >= 11 is 0. The summed E-state index contributed by atoms with van der Waals surface area (Å²) < 4.78 is 3.49. The molecule has 3 aromatic rings. The molecule has 4 heterocycles. The van der Waals surface area contributed by atoms with Crippen LogP contribution in [0.4, 0.5) is 5.82 Å². The molecule has 3 aromatic heterocycles. The Morgan fingerprint density at radius 1 is 1.12 bits per heavy atom. The number of hydrogen-bond acceptors (Lipinski definition) is 5. The summed E-state index contributed by atoms with van der Waals surface area (Å²) in [4.78, 5) is 19.2. The molecule has 1 aliphatic heterocycles. The van der Waals surface area contributed by atoms with Crippen LogP contribution < -0.4 is 10.5 Å². The van der Waals surface area contributed by atoms with Gasteiger partial charge in [-0.05, 0) is 37.8 Å². The molecule has 0 radical (unpaired) electrons. The second-order valence-corrected chi connectivity index (χ2v) is 6.95. The van der Waals surface area contributed by atoms with Crippen LogP contribution >= 0.6 is 0 Å². The van der Waals surface area contributed by atoms with Crippen LogP contribution in [0.5, 0.6) is 0 Å². The van der Waals surface area contributed by atoms with Gasteiger partial charge < -0.3 is 4.90 Å². The Kier molecular flexibility index (Phi) is 3.33. The Labute approximate surface area is 144 Å². The van der Waals surface area contributed by atoms with E-state index in [9.17, 15) is 4.79 Å². The van der Waals surface area contributed by atoms with Gasteiger partial charge >= 0.3 is 0 Å². The van der Waals surface area contributed by atoms with Crippen molar-refractivity contribution in [3.63, 3.8) is 0 Å². The van der Waals surface area contributed by atoms with E-state index >= 15 is 0 Å². The maximum Gasteiger partial charge on any atom is 0.266 e. The van der Waals surface area contributed by atoms with E-state index in [1.165, 1.54) is 12.8 Å². The van der Waals surface area contributed by atoms with E-state index in [4.69, 9.17) is 0 Å². The van der Waals surface area contributed by atoms with E-state index in [1.54, 1.807) is 23.1 Å². The minimum atomic E-state index is -0.0215. The molecule has 2 aliphatic rings. The van der Waals surface area contributed by atoms with Crippen LogP contribution in [-0.4, -0.2) is 37.0 Å². The monoisotopic (exact) mass is 336 g/mol. The largest absolute Gasteiger partial charge is 0.350 e. The zero-order valence-electron chi connectivity index (χ0n) is 14.0. The van der Waals surface area contributed by atoms with Gasteiger partial charge in [-0.2, -0.15) is 10.2 Å². The summed E-state index contributed by atoms with van der Waals surface area (Å²) in [5.41, 5.74) is 2.04. The van der Waals surface area contributed by atoms with Gasteiger partial charge in [0.1, 0.15) is 5.52 Å². The number of hydrogen-bond donors (Lipinski definition) is 0. The minimum Gasteiger partial charge on any atom is -0.350 e. The van der Waals surface area contributed by atoms with Gasteiger partial charge in [0, 0.05) is 30.9 Å². The second kappa shape index (κ2) is 5.68.